The number of aryl methyl sites for hydroxylation is 3. The number of carbonyl (C=O) groups excluding carboxylic acids is 2. The van der Waals surface area contributed by atoms with Crippen LogP contribution in [0.4, 0.5) is 9.59 Å². The van der Waals surface area contributed by atoms with Crippen molar-refractivity contribution in [1.82, 2.24) is 30.2 Å². The van der Waals surface area contributed by atoms with E-state index in [-0.39, 0.29) is 19.3 Å². The van der Waals surface area contributed by atoms with Gasteiger partial charge in [-0.3, -0.25) is 0 Å². The maximum atomic E-state index is 12.7. The second-order valence-corrected chi connectivity index (χ2v) is 15.4. The lowest BCUT2D eigenvalue weighted by molar-refractivity contribution is 0.0800. The number of likely N-dealkylation sites (tertiary alicyclic amines) is 1. The van der Waals surface area contributed by atoms with Gasteiger partial charge in [0.2, 0.25) is 0 Å². The number of rotatable bonds is 18. The molecule has 2 amide bonds. The highest BCUT2D eigenvalue weighted by Crippen LogP contribution is 2.35. The maximum Gasteiger partial charge on any atom is 0.410 e. The molecule has 0 unspecified atom stereocenters. The smallest absolute Gasteiger partial charge is 0.410 e. The molecule has 12 heteroatoms. The number of nitrogens with zero attached hydrogens (tertiary/aromatic N) is 5. The third-order valence-electron chi connectivity index (χ3n) is 10.3. The maximum absolute atomic E-state index is 12.7. The Balaban J connectivity index is 0.926. The molecule has 0 radical (unpaired) electrons. The van der Waals surface area contributed by atoms with Crippen molar-refractivity contribution in [2.75, 3.05) is 26.2 Å². The summed E-state index contributed by atoms with van der Waals surface area (Å²) in [6, 6.07) is 36.0. The molecule has 11 nitrogen and oxygen atoms in total. The summed E-state index contributed by atoms with van der Waals surface area (Å²) < 4.78 is 19.2. The van der Waals surface area contributed by atoms with Gasteiger partial charge in [-0.05, 0) is 86.1 Å². The van der Waals surface area contributed by atoms with Crippen molar-refractivity contribution in [3.63, 3.8) is 0 Å². The fraction of sp³-hybridized carbons (Fsp3) is 0.326. The average Bonchev–Trinajstić information content (AvgIpc) is 3.96. The molecule has 1 N–H and O–H groups in total. The van der Waals surface area contributed by atoms with Gasteiger partial charge in [0.1, 0.15) is 24.0 Å². The number of benzene rings is 4. The molecule has 0 bridgehead atoms. The molecule has 1 saturated heterocycles. The van der Waals surface area contributed by atoms with Crippen molar-refractivity contribution in [2.24, 2.45) is 5.92 Å². The van der Waals surface area contributed by atoms with Crippen LogP contribution >= 0.6 is 11.3 Å². The number of piperidine rings is 1. The molecule has 4 aromatic carbocycles. The van der Waals surface area contributed by atoms with Gasteiger partial charge >= 0.3 is 12.2 Å². The second-order valence-electron chi connectivity index (χ2n) is 14.5. The molecule has 300 valence electrons. The molecule has 1 aliphatic heterocycles. The number of carbonyl (C=O) groups is 2. The van der Waals surface area contributed by atoms with E-state index in [0.29, 0.717) is 32.2 Å². The third-order valence-corrected chi connectivity index (χ3v) is 11.2. The van der Waals surface area contributed by atoms with Crippen molar-refractivity contribution in [2.45, 2.75) is 64.6 Å². The van der Waals surface area contributed by atoms with Crippen LogP contribution in [0.5, 0.6) is 5.75 Å². The number of unbranched alkanes of at least 4 members (excludes halogenated alkanes) is 1. The van der Waals surface area contributed by atoms with E-state index in [1.807, 2.05) is 90.0 Å². The first-order chi connectivity index (χ1) is 28.6. The number of thiazole rings is 1. The number of ether oxygens (including phenoxy) is 3. The Kier molecular flexibility index (Phi) is 14.5. The highest BCUT2D eigenvalue weighted by Gasteiger charge is 2.24. The summed E-state index contributed by atoms with van der Waals surface area (Å²) in [5.74, 6) is 1.20. The number of hydrogen-bond donors (Lipinski definition) is 1. The highest BCUT2D eigenvalue weighted by atomic mass is 32.1. The molecule has 6 aromatic rings. The lowest BCUT2D eigenvalue weighted by Crippen LogP contribution is -2.39. The van der Waals surface area contributed by atoms with Crippen LogP contribution in [0.25, 0.3) is 16.3 Å². The van der Waals surface area contributed by atoms with E-state index in [9.17, 15) is 9.59 Å². The van der Waals surface area contributed by atoms with Gasteiger partial charge in [0.15, 0.2) is 0 Å². The zero-order chi connectivity index (χ0) is 39.8. The van der Waals surface area contributed by atoms with Gasteiger partial charge in [0.05, 0.1) is 35.4 Å². The minimum atomic E-state index is -0.417. The van der Waals surface area contributed by atoms with Crippen molar-refractivity contribution >= 4 is 23.5 Å². The molecule has 7 rings (SSSR count). The Morgan fingerprint density at radius 1 is 0.759 bits per heavy atom. The number of nitrogens with one attached hydrogen (secondary N) is 1. The molecule has 2 aromatic heterocycles. The zero-order valence-corrected chi connectivity index (χ0v) is 33.5. The lowest BCUT2D eigenvalue weighted by Gasteiger charge is -2.31. The van der Waals surface area contributed by atoms with E-state index in [1.54, 1.807) is 16.0 Å². The molecular weight excluding hydrogens is 749 g/mol. The number of alkyl carbamates (subject to hydrolysis) is 1. The van der Waals surface area contributed by atoms with Crippen LogP contribution in [0.3, 0.4) is 0 Å². The molecule has 0 atom stereocenters. The van der Waals surface area contributed by atoms with E-state index in [1.165, 1.54) is 5.56 Å². The first kappa shape index (κ1) is 40.2. The van der Waals surface area contributed by atoms with Gasteiger partial charge in [0, 0.05) is 31.1 Å². The van der Waals surface area contributed by atoms with Gasteiger partial charge in [-0.25, -0.2) is 19.3 Å². The Hall–Kier alpha value is -6.01. The molecule has 0 saturated carbocycles. The average molecular weight is 799 g/mol. The molecule has 0 spiro atoms. The van der Waals surface area contributed by atoms with Crippen LogP contribution < -0.4 is 10.1 Å². The topological polar surface area (TPSA) is 121 Å². The van der Waals surface area contributed by atoms with Crippen LogP contribution in [-0.2, 0) is 41.9 Å². The van der Waals surface area contributed by atoms with Crippen LogP contribution in [0.2, 0.25) is 0 Å². The largest absolute Gasteiger partial charge is 0.493 e. The lowest BCUT2D eigenvalue weighted by atomic mass is 9.94. The quantitative estimate of drug-likeness (QED) is 0.0855. The van der Waals surface area contributed by atoms with Gasteiger partial charge in [-0.15, -0.1) is 16.4 Å². The van der Waals surface area contributed by atoms with Crippen LogP contribution in [0, 0.1) is 5.92 Å². The van der Waals surface area contributed by atoms with Crippen molar-refractivity contribution in [3.05, 3.63) is 149 Å². The normalized spacial score (nSPS) is 12.9. The van der Waals surface area contributed by atoms with E-state index < -0.39 is 6.09 Å². The van der Waals surface area contributed by atoms with Gasteiger partial charge in [-0.2, -0.15) is 0 Å². The van der Waals surface area contributed by atoms with Crippen LogP contribution in [-0.4, -0.2) is 63.3 Å². The van der Waals surface area contributed by atoms with E-state index >= 15 is 0 Å². The molecular formula is C46H50N6O5S. The first-order valence-electron chi connectivity index (χ1n) is 20.1. The Morgan fingerprint density at radius 2 is 1.45 bits per heavy atom. The summed E-state index contributed by atoms with van der Waals surface area (Å²) in [6.07, 6.45) is 8.13. The summed E-state index contributed by atoms with van der Waals surface area (Å²) in [5.41, 5.74) is 6.97. The number of hydrogen-bond acceptors (Lipinski definition) is 9. The third kappa shape index (κ3) is 12.0. The Labute approximate surface area is 344 Å². The predicted molar refractivity (Wildman–Crippen MR) is 225 cm³/mol. The molecule has 3 heterocycles. The van der Waals surface area contributed by atoms with Gasteiger partial charge in [-0.1, -0.05) is 96.2 Å². The fourth-order valence-corrected chi connectivity index (χ4v) is 7.78. The summed E-state index contributed by atoms with van der Waals surface area (Å²) in [7, 11) is 0. The SMILES string of the molecule is O=C(NCCCCc1cn(-c2ccc(-c3nc(CCc4ccccc4)cs3)c(OCCC3CCN(C(=O)OCc4ccccc4)CC3)c2)nn1)OCc1ccccc1. The fourth-order valence-electron chi connectivity index (χ4n) is 6.90. The standard InChI is InChI=1S/C46H50N6O5S/c53-45(56-32-37-14-6-2-7-15-37)47-26-11-10-18-39-31-52(50-49-39)41-21-22-42(44-48-40(34-58-44)20-19-35-12-4-1-5-13-35)43(30-41)55-29-25-36-23-27-51(28-24-36)46(54)57-33-38-16-8-3-9-17-38/h1-9,12-17,21-22,30-31,34,36H,10-11,18-20,23-29,32-33H2,(H,47,53). The zero-order valence-electron chi connectivity index (χ0n) is 32.7. The van der Waals surface area contributed by atoms with Gasteiger partial charge in [0.25, 0.3) is 0 Å². The summed E-state index contributed by atoms with van der Waals surface area (Å²) in [4.78, 5) is 31.6. The molecule has 0 aliphatic carbocycles. The van der Waals surface area contributed by atoms with Crippen molar-refractivity contribution < 1.29 is 23.8 Å². The second kappa shape index (κ2) is 20.9. The van der Waals surface area contributed by atoms with E-state index in [4.69, 9.17) is 19.2 Å². The minimum Gasteiger partial charge on any atom is -0.493 e. The number of aromatic nitrogens is 4. The molecule has 58 heavy (non-hydrogen) atoms. The predicted octanol–water partition coefficient (Wildman–Crippen LogP) is 9.24. The summed E-state index contributed by atoms with van der Waals surface area (Å²) >= 11 is 1.63. The molecule has 1 fully saturated rings. The van der Waals surface area contributed by atoms with Crippen LogP contribution in [0.1, 0.15) is 60.2 Å². The van der Waals surface area contributed by atoms with Crippen molar-refractivity contribution in [3.8, 4) is 22.0 Å². The summed E-state index contributed by atoms with van der Waals surface area (Å²) in [6.45, 7) is 2.95. The monoisotopic (exact) mass is 798 g/mol. The van der Waals surface area contributed by atoms with Gasteiger partial charge < -0.3 is 24.4 Å². The number of amides is 2. The minimum absolute atomic E-state index is 0.248. The van der Waals surface area contributed by atoms with E-state index in [2.05, 4.69) is 51.3 Å². The first-order valence-corrected chi connectivity index (χ1v) is 21.0. The summed E-state index contributed by atoms with van der Waals surface area (Å²) in [5, 5.41) is 14.8. The van der Waals surface area contributed by atoms with Crippen molar-refractivity contribution in [1.29, 1.82) is 0 Å². The highest BCUT2D eigenvalue weighted by molar-refractivity contribution is 7.13. The van der Waals surface area contributed by atoms with Crippen LogP contribution in [0.15, 0.2) is 121 Å². The molecule has 1 aliphatic rings. The Morgan fingerprint density at radius 3 is 2.17 bits per heavy atom. The van der Waals surface area contributed by atoms with E-state index in [0.717, 1.165) is 95.9 Å². The Bertz CT molecular complexity index is 2170.